The quantitative estimate of drug-likeness (QED) is 0.625. The molecule has 0 saturated carbocycles. The van der Waals surface area contributed by atoms with Crippen molar-refractivity contribution in [1.82, 2.24) is 0 Å². The fraction of sp³-hybridized carbons (Fsp3) is 1.00. The van der Waals surface area contributed by atoms with Gasteiger partial charge in [-0.25, -0.2) is 0 Å². The molecule has 0 aromatic rings. The van der Waals surface area contributed by atoms with Crippen molar-refractivity contribution in [2.24, 2.45) is 0 Å². The summed E-state index contributed by atoms with van der Waals surface area (Å²) in [5.74, 6) is 0. The zero-order valence-electron chi connectivity index (χ0n) is 13.5. The first kappa shape index (κ1) is 24.3. The van der Waals surface area contributed by atoms with E-state index >= 15 is 0 Å². The molecule has 6 heteroatoms. The number of rotatable bonds is 8. The second-order valence-electron chi connectivity index (χ2n) is 2.72. The predicted octanol–water partition coefficient (Wildman–Crippen LogP) is 4.14. The Hall–Kier alpha value is 1.27. The van der Waals surface area contributed by atoms with Crippen molar-refractivity contribution >= 4 is 0 Å². The van der Waals surface area contributed by atoms with Gasteiger partial charge in [0.2, 0.25) is 0 Å². The van der Waals surface area contributed by atoms with Gasteiger partial charge >= 0.3 is 115 Å². The summed E-state index contributed by atoms with van der Waals surface area (Å²) >= 11 is -2.87. The van der Waals surface area contributed by atoms with E-state index in [-0.39, 0.29) is 0 Å². The molecule has 4 nitrogen and oxygen atoms in total. The molecule has 0 N–H and O–H groups in total. The van der Waals surface area contributed by atoms with Crippen molar-refractivity contribution in [3.8, 4) is 0 Å². The summed E-state index contributed by atoms with van der Waals surface area (Å²) in [6.07, 6.45) is 0. The molecule has 18 heavy (non-hydrogen) atoms. The summed E-state index contributed by atoms with van der Waals surface area (Å²) in [6.45, 7) is 15.2. The first-order valence-electron chi connectivity index (χ1n) is 6.80. The maximum absolute atomic E-state index is 5.23. The van der Waals surface area contributed by atoms with E-state index < -0.39 is 37.3 Å². The Morgan fingerprint density at radius 1 is 0.556 bits per heavy atom. The van der Waals surface area contributed by atoms with E-state index in [0.717, 1.165) is 26.4 Å². The van der Waals surface area contributed by atoms with Crippen LogP contribution in [0.25, 0.3) is 0 Å². The Morgan fingerprint density at radius 2 is 0.722 bits per heavy atom. The topological polar surface area (TPSA) is 36.9 Å². The van der Waals surface area contributed by atoms with Gasteiger partial charge in [0.25, 0.3) is 0 Å². The molecule has 112 valence electrons. The Morgan fingerprint density at radius 3 is 0.833 bits per heavy atom. The van der Waals surface area contributed by atoms with Crippen LogP contribution in [0.3, 0.4) is 0 Å². The van der Waals surface area contributed by atoms with Gasteiger partial charge in [-0.05, 0) is 0 Å². The molecule has 0 atom stereocenters. The van der Waals surface area contributed by atoms with Gasteiger partial charge in [-0.15, -0.1) is 0 Å². The van der Waals surface area contributed by atoms with Gasteiger partial charge < -0.3 is 0 Å². The molecule has 0 amide bonds. The van der Waals surface area contributed by atoms with Crippen LogP contribution in [0.1, 0.15) is 41.5 Å². The molecule has 0 aliphatic rings. The van der Waals surface area contributed by atoms with Crippen LogP contribution in [-0.4, -0.2) is 26.4 Å². The Balaban J connectivity index is -0.000000219. The van der Waals surface area contributed by atoms with Crippen LogP contribution in [0.15, 0.2) is 0 Å². The van der Waals surface area contributed by atoms with Crippen LogP contribution in [-0.2, 0) is 50.6 Å². The fourth-order valence-corrected chi connectivity index (χ4v) is 3.70. The molecule has 0 aromatic heterocycles. The molecule has 0 fully saturated rings. The van der Waals surface area contributed by atoms with Gasteiger partial charge in [0.15, 0.2) is 0 Å². The van der Waals surface area contributed by atoms with Gasteiger partial charge in [0.05, 0.1) is 0 Å². The molecule has 0 saturated heterocycles. The van der Waals surface area contributed by atoms with E-state index in [9.17, 15) is 0 Å². The van der Waals surface area contributed by atoms with E-state index in [0.29, 0.717) is 0 Å². The summed E-state index contributed by atoms with van der Waals surface area (Å²) in [5.41, 5.74) is 0. The monoisotopic (exact) mass is 336 g/mol. The van der Waals surface area contributed by atoms with Crippen LogP contribution in [0, 0.1) is 0 Å². The van der Waals surface area contributed by atoms with Crippen LogP contribution >= 0.6 is 0 Å². The molecule has 0 spiro atoms. The molecule has 0 aliphatic heterocycles. The average Bonchev–Trinajstić information content (AvgIpc) is 2.34. The second kappa shape index (κ2) is 23.4. The van der Waals surface area contributed by atoms with Crippen molar-refractivity contribution in [3.63, 3.8) is 0 Å². The Kier molecular flexibility index (Phi) is 31.5. The standard InChI is InChI=1S/4C2H5O.C2H6.2CH3.2Ti/c4*1-2-3;1-2;;;;/h4*2H2,1H3;1-2H3;2*1H3;;/q4*-1;;;;2*+2. The first-order chi connectivity index (χ1) is 8.62. The van der Waals surface area contributed by atoms with Gasteiger partial charge in [-0.2, -0.15) is 0 Å². The Labute approximate surface area is 128 Å². The van der Waals surface area contributed by atoms with E-state index in [1.165, 1.54) is 0 Å². The molecule has 0 unspecified atom stereocenters. The van der Waals surface area contributed by atoms with Crippen molar-refractivity contribution in [3.05, 3.63) is 0 Å². The fourth-order valence-electron chi connectivity index (χ4n) is 0.896. The molecule has 0 aromatic carbocycles. The summed E-state index contributed by atoms with van der Waals surface area (Å²) in [6, 6.07) is 0. The van der Waals surface area contributed by atoms with Crippen molar-refractivity contribution in [1.29, 1.82) is 0 Å². The number of hydrogen-bond donors (Lipinski definition) is 0. The molecule has 0 bridgehead atoms. The van der Waals surface area contributed by atoms with Gasteiger partial charge in [-0.1, -0.05) is 13.8 Å². The third kappa shape index (κ3) is 26.0. The normalized spacial score (nSPS) is 8.67. The van der Waals surface area contributed by atoms with E-state index in [4.69, 9.17) is 13.3 Å². The van der Waals surface area contributed by atoms with E-state index in [1.807, 2.05) is 41.5 Å². The third-order valence-corrected chi connectivity index (χ3v) is 5.73. The van der Waals surface area contributed by atoms with Crippen LogP contribution in [0.2, 0.25) is 10.5 Å². The molecule has 0 rings (SSSR count). The van der Waals surface area contributed by atoms with E-state index in [1.54, 1.807) is 0 Å². The van der Waals surface area contributed by atoms with Gasteiger partial charge in [0, 0.05) is 0 Å². The summed E-state index contributed by atoms with van der Waals surface area (Å²) in [5, 5.41) is 4.12. The van der Waals surface area contributed by atoms with Crippen molar-refractivity contribution in [2.45, 2.75) is 52.0 Å². The van der Waals surface area contributed by atoms with Gasteiger partial charge in [-0.3, -0.25) is 0 Å². The average molecular weight is 336 g/mol. The summed E-state index contributed by atoms with van der Waals surface area (Å²) in [4.78, 5) is 0. The third-order valence-electron chi connectivity index (χ3n) is 1.39. The van der Waals surface area contributed by atoms with Crippen molar-refractivity contribution < 1.29 is 50.6 Å². The summed E-state index contributed by atoms with van der Waals surface area (Å²) in [7, 11) is 0. The SMILES string of the molecule is CC.CC[O][Ti]([CH3])[O]CC.CC[O][Ti]([CH3])[O]CC. The minimum atomic E-state index is -1.44. The molecule has 0 radical (unpaired) electrons. The zero-order valence-corrected chi connectivity index (χ0v) is 16.6. The van der Waals surface area contributed by atoms with Crippen LogP contribution in [0.5, 0.6) is 0 Å². The summed E-state index contributed by atoms with van der Waals surface area (Å²) < 4.78 is 20.9. The predicted molar refractivity (Wildman–Crippen MR) is 69.6 cm³/mol. The molecular weight excluding hydrogens is 304 g/mol. The first-order valence-corrected chi connectivity index (χ1v) is 12.5. The number of hydrogen-bond acceptors (Lipinski definition) is 4. The maximum atomic E-state index is 5.23. The Bertz CT molecular complexity index is 103. The molecule has 0 aliphatic carbocycles. The van der Waals surface area contributed by atoms with Crippen LogP contribution in [0.4, 0.5) is 0 Å². The van der Waals surface area contributed by atoms with Crippen molar-refractivity contribution in [2.75, 3.05) is 26.4 Å². The second-order valence-corrected chi connectivity index (χ2v) is 7.59. The molecular formula is C12H32O4Ti2. The zero-order chi connectivity index (χ0) is 14.8. The molecule has 0 heterocycles. The van der Waals surface area contributed by atoms with E-state index in [2.05, 4.69) is 10.5 Å². The van der Waals surface area contributed by atoms with Gasteiger partial charge in [0.1, 0.15) is 0 Å². The minimum absolute atomic E-state index is 0.797. The van der Waals surface area contributed by atoms with Crippen LogP contribution < -0.4 is 0 Å².